The Morgan fingerprint density at radius 1 is 1.05 bits per heavy atom. The summed E-state index contributed by atoms with van der Waals surface area (Å²) in [5, 5.41) is 0. The minimum absolute atomic E-state index is 0.0882. The molecular weight excluding hydrogens is 284 g/mol. The van der Waals surface area contributed by atoms with Gasteiger partial charge in [0, 0.05) is 23.5 Å². The second-order valence-corrected chi connectivity index (χ2v) is 3.91. The number of alkyl halides is 3. The smallest absolute Gasteiger partial charge is 0.296 e. The highest BCUT2D eigenvalue weighted by Crippen LogP contribution is 2.29. The standard InChI is InChI=1S/C12H7ClF4N2/c13-19-10-3-1-7(5-9(10)14)8-2-4-11(18-6-8)12(15,16)17/h1-6,19H. The van der Waals surface area contributed by atoms with Crippen LogP contribution in [0.4, 0.5) is 23.2 Å². The van der Waals surface area contributed by atoms with Crippen LogP contribution < -0.4 is 4.84 Å². The molecular formula is C12H7ClF4N2. The van der Waals surface area contributed by atoms with Crippen LogP contribution in [-0.4, -0.2) is 4.98 Å². The van der Waals surface area contributed by atoms with E-state index in [2.05, 4.69) is 9.82 Å². The third-order valence-electron chi connectivity index (χ3n) is 2.46. The predicted molar refractivity (Wildman–Crippen MR) is 64.1 cm³/mol. The Labute approximate surface area is 111 Å². The van der Waals surface area contributed by atoms with E-state index in [1.165, 1.54) is 18.2 Å². The highest BCUT2D eigenvalue weighted by Gasteiger charge is 2.32. The van der Waals surface area contributed by atoms with Crippen LogP contribution in [0.5, 0.6) is 0 Å². The Morgan fingerprint density at radius 2 is 1.74 bits per heavy atom. The maximum atomic E-state index is 13.5. The van der Waals surface area contributed by atoms with E-state index in [0.29, 0.717) is 11.1 Å². The number of benzene rings is 1. The Morgan fingerprint density at radius 3 is 2.21 bits per heavy atom. The number of rotatable bonds is 2. The lowest BCUT2D eigenvalue weighted by atomic mass is 10.1. The first kappa shape index (κ1) is 13.6. The first-order valence-electron chi connectivity index (χ1n) is 5.11. The molecule has 0 radical (unpaired) electrons. The Hall–Kier alpha value is -1.82. The maximum absolute atomic E-state index is 13.5. The fraction of sp³-hybridized carbons (Fsp3) is 0.0833. The van der Waals surface area contributed by atoms with Crippen LogP contribution in [0.3, 0.4) is 0 Å². The molecule has 7 heteroatoms. The van der Waals surface area contributed by atoms with Crippen molar-refractivity contribution in [2.75, 3.05) is 4.84 Å². The fourth-order valence-electron chi connectivity index (χ4n) is 1.50. The van der Waals surface area contributed by atoms with E-state index in [1.807, 2.05) is 0 Å². The van der Waals surface area contributed by atoms with Crippen LogP contribution >= 0.6 is 11.8 Å². The van der Waals surface area contributed by atoms with Gasteiger partial charge < -0.3 is 0 Å². The lowest BCUT2D eigenvalue weighted by molar-refractivity contribution is -0.141. The number of hydrogen-bond donors (Lipinski definition) is 1. The molecule has 100 valence electrons. The Kier molecular flexibility index (Phi) is 3.61. The maximum Gasteiger partial charge on any atom is 0.433 e. The molecule has 2 nitrogen and oxygen atoms in total. The molecule has 0 aliphatic carbocycles. The number of aromatic nitrogens is 1. The summed E-state index contributed by atoms with van der Waals surface area (Å²) >= 11 is 5.27. The molecule has 0 bridgehead atoms. The zero-order valence-electron chi connectivity index (χ0n) is 9.30. The summed E-state index contributed by atoms with van der Waals surface area (Å²) in [5.41, 5.74) is -0.108. The molecule has 2 rings (SSSR count). The molecule has 1 aromatic heterocycles. The SMILES string of the molecule is Fc1cc(-c2ccc(C(F)(F)F)nc2)ccc1NCl. The van der Waals surface area contributed by atoms with Crippen molar-refractivity contribution in [2.45, 2.75) is 6.18 Å². The molecule has 1 aromatic carbocycles. The topological polar surface area (TPSA) is 24.9 Å². The van der Waals surface area contributed by atoms with Crippen LogP contribution in [0.25, 0.3) is 11.1 Å². The highest BCUT2D eigenvalue weighted by atomic mass is 35.5. The van der Waals surface area contributed by atoms with E-state index in [-0.39, 0.29) is 5.69 Å². The molecule has 0 amide bonds. The van der Waals surface area contributed by atoms with Gasteiger partial charge in [0.1, 0.15) is 11.5 Å². The number of hydrogen-bond acceptors (Lipinski definition) is 2. The highest BCUT2D eigenvalue weighted by molar-refractivity contribution is 6.24. The first-order valence-corrected chi connectivity index (χ1v) is 5.49. The van der Waals surface area contributed by atoms with Gasteiger partial charge in [-0.2, -0.15) is 13.2 Å². The van der Waals surface area contributed by atoms with Gasteiger partial charge >= 0.3 is 6.18 Å². The molecule has 0 saturated heterocycles. The van der Waals surface area contributed by atoms with E-state index < -0.39 is 17.7 Å². The molecule has 0 spiro atoms. The van der Waals surface area contributed by atoms with Crippen LogP contribution in [0, 0.1) is 5.82 Å². The molecule has 0 atom stereocenters. The molecule has 2 aromatic rings. The van der Waals surface area contributed by atoms with Gasteiger partial charge in [-0.15, -0.1) is 0 Å². The Bertz CT molecular complexity index is 581. The largest absolute Gasteiger partial charge is 0.433 e. The first-order chi connectivity index (χ1) is 8.91. The fourth-order valence-corrected chi connectivity index (χ4v) is 1.66. The second kappa shape index (κ2) is 5.05. The van der Waals surface area contributed by atoms with E-state index >= 15 is 0 Å². The quantitative estimate of drug-likeness (QED) is 0.652. The molecule has 0 unspecified atom stereocenters. The Balaban J connectivity index is 2.35. The summed E-state index contributed by atoms with van der Waals surface area (Å²) in [4.78, 5) is 5.45. The van der Waals surface area contributed by atoms with Crippen molar-refractivity contribution in [2.24, 2.45) is 0 Å². The van der Waals surface area contributed by atoms with Crippen molar-refractivity contribution < 1.29 is 17.6 Å². The molecule has 0 aliphatic heterocycles. The normalized spacial score (nSPS) is 11.4. The summed E-state index contributed by atoms with van der Waals surface area (Å²) in [7, 11) is 0. The number of pyridine rings is 1. The van der Waals surface area contributed by atoms with E-state index in [4.69, 9.17) is 11.8 Å². The lowest BCUT2D eigenvalue weighted by Gasteiger charge is -2.07. The number of nitrogens with one attached hydrogen (secondary N) is 1. The monoisotopic (exact) mass is 290 g/mol. The van der Waals surface area contributed by atoms with Gasteiger partial charge in [0.15, 0.2) is 0 Å². The summed E-state index contributed by atoms with van der Waals surface area (Å²) in [6, 6.07) is 6.15. The summed E-state index contributed by atoms with van der Waals surface area (Å²) in [6.45, 7) is 0. The zero-order valence-corrected chi connectivity index (χ0v) is 10.1. The van der Waals surface area contributed by atoms with Gasteiger partial charge in [-0.3, -0.25) is 9.82 Å². The average molecular weight is 291 g/mol. The summed E-state index contributed by atoms with van der Waals surface area (Å²) in [5.74, 6) is -0.604. The summed E-state index contributed by atoms with van der Waals surface area (Å²) < 4.78 is 50.5. The van der Waals surface area contributed by atoms with Crippen molar-refractivity contribution in [3.05, 3.63) is 48.0 Å². The predicted octanol–water partition coefficient (Wildman–Crippen LogP) is 4.47. The van der Waals surface area contributed by atoms with Gasteiger partial charge in [-0.05, 0) is 23.8 Å². The minimum Gasteiger partial charge on any atom is -0.296 e. The molecule has 1 N–H and O–H groups in total. The van der Waals surface area contributed by atoms with Crippen molar-refractivity contribution >= 4 is 17.5 Å². The summed E-state index contributed by atoms with van der Waals surface area (Å²) in [6.07, 6.45) is -3.44. The van der Waals surface area contributed by atoms with Crippen molar-refractivity contribution in [1.82, 2.24) is 4.98 Å². The minimum atomic E-state index is -4.49. The van der Waals surface area contributed by atoms with Crippen LogP contribution in [0.2, 0.25) is 0 Å². The van der Waals surface area contributed by atoms with E-state index in [0.717, 1.165) is 18.3 Å². The second-order valence-electron chi connectivity index (χ2n) is 3.72. The molecule has 0 fully saturated rings. The number of nitrogens with zero attached hydrogens (tertiary/aromatic N) is 1. The molecule has 0 aliphatic rings. The third-order valence-corrected chi connectivity index (χ3v) is 2.66. The zero-order chi connectivity index (χ0) is 14.0. The lowest BCUT2D eigenvalue weighted by Crippen LogP contribution is -2.07. The van der Waals surface area contributed by atoms with Crippen molar-refractivity contribution in [1.29, 1.82) is 0 Å². The van der Waals surface area contributed by atoms with Crippen molar-refractivity contribution in [3.63, 3.8) is 0 Å². The average Bonchev–Trinajstić information content (AvgIpc) is 2.38. The van der Waals surface area contributed by atoms with E-state index in [1.54, 1.807) is 0 Å². The van der Waals surface area contributed by atoms with Gasteiger partial charge in [-0.1, -0.05) is 12.1 Å². The van der Waals surface area contributed by atoms with Crippen LogP contribution in [0.15, 0.2) is 36.5 Å². The number of halogens is 5. The van der Waals surface area contributed by atoms with Crippen LogP contribution in [-0.2, 0) is 6.18 Å². The number of anilines is 1. The molecule has 0 saturated carbocycles. The van der Waals surface area contributed by atoms with Gasteiger partial charge in [0.25, 0.3) is 0 Å². The van der Waals surface area contributed by atoms with Gasteiger partial charge in [-0.25, -0.2) is 4.39 Å². The molecule has 1 heterocycles. The van der Waals surface area contributed by atoms with Gasteiger partial charge in [0.2, 0.25) is 0 Å². The van der Waals surface area contributed by atoms with Crippen molar-refractivity contribution in [3.8, 4) is 11.1 Å². The molecule has 19 heavy (non-hydrogen) atoms. The van der Waals surface area contributed by atoms with E-state index in [9.17, 15) is 17.6 Å². The third kappa shape index (κ3) is 2.96. The van der Waals surface area contributed by atoms with Gasteiger partial charge in [0.05, 0.1) is 5.69 Å². The van der Waals surface area contributed by atoms with Crippen LogP contribution in [0.1, 0.15) is 5.69 Å².